The number of rotatable bonds is 5. The average molecular weight is 407 g/mol. The molecule has 0 bridgehead atoms. The lowest BCUT2D eigenvalue weighted by Crippen LogP contribution is -2.39. The molecule has 1 aromatic heterocycles. The quantitative estimate of drug-likeness (QED) is 0.655. The number of pyridine rings is 1. The molecular weight excluding hydrogens is 381 g/mol. The van der Waals surface area contributed by atoms with Crippen LogP contribution in [-0.2, 0) is 4.79 Å². The topological polar surface area (TPSA) is 54.5 Å². The van der Waals surface area contributed by atoms with Crippen molar-refractivity contribution in [2.24, 2.45) is 11.8 Å². The Kier molecular flexibility index (Phi) is 5.84. The maximum absolute atomic E-state index is 13.3. The molecule has 1 aliphatic heterocycles. The van der Waals surface area contributed by atoms with Crippen molar-refractivity contribution in [1.29, 1.82) is 0 Å². The second-order valence-electron chi connectivity index (χ2n) is 8.20. The normalized spacial score (nSPS) is 19.0. The Morgan fingerprint density at radius 1 is 1.13 bits per heavy atom. The molecular formula is C24H26FN3O2. The minimum atomic E-state index is -0.402. The van der Waals surface area contributed by atoms with Gasteiger partial charge in [0.15, 0.2) is 6.61 Å². The van der Waals surface area contributed by atoms with Crippen LogP contribution in [0.5, 0.6) is 5.75 Å². The zero-order valence-corrected chi connectivity index (χ0v) is 17.3. The number of anilines is 2. The maximum Gasteiger partial charge on any atom is 0.262 e. The fraction of sp³-hybridized carbons (Fsp3) is 0.333. The minimum absolute atomic E-state index is 0.181. The van der Waals surface area contributed by atoms with Crippen molar-refractivity contribution in [2.75, 3.05) is 29.9 Å². The van der Waals surface area contributed by atoms with Crippen LogP contribution >= 0.6 is 0 Å². The molecule has 0 spiro atoms. The number of hydrogen-bond acceptors (Lipinski definition) is 4. The molecule has 1 fully saturated rings. The van der Waals surface area contributed by atoms with Gasteiger partial charge in [-0.1, -0.05) is 32.0 Å². The summed E-state index contributed by atoms with van der Waals surface area (Å²) in [5, 5.41) is 3.60. The average Bonchev–Trinajstić information content (AvgIpc) is 2.71. The van der Waals surface area contributed by atoms with Gasteiger partial charge in [-0.3, -0.25) is 4.79 Å². The van der Waals surface area contributed by atoms with Gasteiger partial charge in [0.25, 0.3) is 5.91 Å². The monoisotopic (exact) mass is 407 g/mol. The number of piperidine rings is 1. The van der Waals surface area contributed by atoms with E-state index in [0.717, 1.165) is 29.8 Å². The zero-order chi connectivity index (χ0) is 21.1. The molecule has 1 amide bonds. The molecule has 2 aromatic carbocycles. The van der Waals surface area contributed by atoms with Crippen LogP contribution in [0.2, 0.25) is 0 Å². The van der Waals surface area contributed by atoms with E-state index in [1.165, 1.54) is 18.6 Å². The highest BCUT2D eigenvalue weighted by molar-refractivity contribution is 5.92. The van der Waals surface area contributed by atoms with E-state index >= 15 is 0 Å². The van der Waals surface area contributed by atoms with Gasteiger partial charge in [-0.05, 0) is 54.7 Å². The van der Waals surface area contributed by atoms with Gasteiger partial charge in [0, 0.05) is 24.2 Å². The van der Waals surface area contributed by atoms with Crippen LogP contribution in [0.25, 0.3) is 10.9 Å². The summed E-state index contributed by atoms with van der Waals surface area (Å²) in [5.41, 5.74) is 1.13. The number of halogens is 1. The molecule has 156 valence electrons. The highest BCUT2D eigenvalue weighted by Crippen LogP contribution is 2.29. The lowest BCUT2D eigenvalue weighted by atomic mass is 9.92. The van der Waals surface area contributed by atoms with E-state index in [0.29, 0.717) is 23.3 Å². The third kappa shape index (κ3) is 4.70. The van der Waals surface area contributed by atoms with Gasteiger partial charge in [0.05, 0.1) is 0 Å². The van der Waals surface area contributed by atoms with Crippen LogP contribution in [0, 0.1) is 17.7 Å². The van der Waals surface area contributed by atoms with Crippen molar-refractivity contribution in [3.8, 4) is 5.75 Å². The van der Waals surface area contributed by atoms with Crippen LogP contribution in [0.1, 0.15) is 20.3 Å². The summed E-state index contributed by atoms with van der Waals surface area (Å²) in [4.78, 5) is 19.4. The van der Waals surface area contributed by atoms with Crippen LogP contribution < -0.4 is 15.0 Å². The Labute approximate surface area is 175 Å². The molecule has 2 atom stereocenters. The highest BCUT2D eigenvalue weighted by Gasteiger charge is 2.23. The van der Waals surface area contributed by atoms with Gasteiger partial charge in [0.1, 0.15) is 22.9 Å². The predicted octanol–water partition coefficient (Wildman–Crippen LogP) is 4.87. The highest BCUT2D eigenvalue weighted by atomic mass is 19.1. The summed E-state index contributed by atoms with van der Waals surface area (Å²) in [6, 6.07) is 15.5. The van der Waals surface area contributed by atoms with E-state index in [4.69, 9.17) is 9.72 Å². The molecule has 6 heteroatoms. The molecule has 4 rings (SSSR count). The zero-order valence-electron chi connectivity index (χ0n) is 17.3. The smallest absolute Gasteiger partial charge is 0.262 e. The molecule has 0 aliphatic carbocycles. The molecule has 1 N–H and O–H groups in total. The van der Waals surface area contributed by atoms with Crippen LogP contribution in [0.15, 0.2) is 54.6 Å². The largest absolute Gasteiger partial charge is 0.481 e. The van der Waals surface area contributed by atoms with Crippen molar-refractivity contribution < 1.29 is 13.9 Å². The van der Waals surface area contributed by atoms with Gasteiger partial charge in [-0.25, -0.2) is 9.37 Å². The Bertz CT molecular complexity index is 1050. The Morgan fingerprint density at radius 3 is 2.67 bits per heavy atom. The van der Waals surface area contributed by atoms with E-state index in [9.17, 15) is 9.18 Å². The van der Waals surface area contributed by atoms with Crippen LogP contribution in [0.3, 0.4) is 0 Å². The van der Waals surface area contributed by atoms with Gasteiger partial charge in [-0.15, -0.1) is 0 Å². The Hall–Kier alpha value is -3.15. The summed E-state index contributed by atoms with van der Waals surface area (Å²) in [6.07, 6.45) is 1.23. The molecule has 2 unspecified atom stereocenters. The number of carbonyl (C=O) groups is 1. The number of nitrogens with zero attached hydrogens (tertiary/aromatic N) is 2. The van der Waals surface area contributed by atoms with Crippen molar-refractivity contribution >= 4 is 28.3 Å². The fourth-order valence-corrected chi connectivity index (χ4v) is 4.16. The number of carbonyl (C=O) groups excluding carboxylic acids is 1. The first-order chi connectivity index (χ1) is 14.5. The standard InChI is InChI=1S/C24H26FN3O2/c1-16-11-17(2)14-28(13-16)22-10-9-18-5-3-8-21(24(18)27-22)30-15-23(29)26-20-7-4-6-19(25)12-20/h3-10,12,16-17H,11,13-15H2,1-2H3,(H,26,29). The van der Waals surface area contributed by atoms with Crippen molar-refractivity contribution in [3.63, 3.8) is 0 Å². The Balaban J connectivity index is 1.50. The van der Waals surface area contributed by atoms with E-state index in [1.54, 1.807) is 12.1 Å². The first-order valence-electron chi connectivity index (χ1n) is 10.3. The number of benzene rings is 2. The number of aromatic nitrogens is 1. The lowest BCUT2D eigenvalue weighted by molar-refractivity contribution is -0.118. The van der Waals surface area contributed by atoms with Gasteiger partial charge < -0.3 is 15.0 Å². The molecule has 1 saturated heterocycles. The van der Waals surface area contributed by atoms with Crippen LogP contribution in [-0.4, -0.2) is 30.6 Å². The van der Waals surface area contributed by atoms with E-state index in [1.807, 2.05) is 30.3 Å². The van der Waals surface area contributed by atoms with Crippen molar-refractivity contribution in [1.82, 2.24) is 4.98 Å². The van der Waals surface area contributed by atoms with Crippen LogP contribution in [0.4, 0.5) is 15.9 Å². The first kappa shape index (κ1) is 20.1. The number of para-hydroxylation sites is 1. The molecule has 0 radical (unpaired) electrons. The first-order valence-corrected chi connectivity index (χ1v) is 10.3. The summed E-state index contributed by atoms with van der Waals surface area (Å²) < 4.78 is 19.1. The number of ether oxygens (including phenoxy) is 1. The molecule has 2 heterocycles. The number of fused-ring (bicyclic) bond motifs is 1. The number of hydrogen-bond donors (Lipinski definition) is 1. The SMILES string of the molecule is CC1CC(C)CN(c2ccc3cccc(OCC(=O)Nc4cccc(F)c4)c3n2)C1. The second kappa shape index (κ2) is 8.69. The molecule has 5 nitrogen and oxygen atoms in total. The molecule has 3 aromatic rings. The lowest BCUT2D eigenvalue weighted by Gasteiger charge is -2.35. The van der Waals surface area contributed by atoms with Crippen molar-refractivity contribution in [2.45, 2.75) is 20.3 Å². The summed E-state index contributed by atoms with van der Waals surface area (Å²) in [7, 11) is 0. The Morgan fingerprint density at radius 2 is 1.90 bits per heavy atom. The minimum Gasteiger partial charge on any atom is -0.481 e. The van der Waals surface area contributed by atoms with Gasteiger partial charge in [-0.2, -0.15) is 0 Å². The predicted molar refractivity (Wildman–Crippen MR) is 117 cm³/mol. The van der Waals surface area contributed by atoms with E-state index in [2.05, 4.69) is 24.1 Å². The van der Waals surface area contributed by atoms with Crippen molar-refractivity contribution in [3.05, 3.63) is 60.4 Å². The number of amides is 1. The summed E-state index contributed by atoms with van der Waals surface area (Å²) in [5.74, 6) is 1.99. The molecule has 30 heavy (non-hydrogen) atoms. The molecule has 1 aliphatic rings. The third-order valence-electron chi connectivity index (χ3n) is 5.33. The van der Waals surface area contributed by atoms with E-state index < -0.39 is 5.82 Å². The second-order valence-corrected chi connectivity index (χ2v) is 8.20. The fourth-order valence-electron chi connectivity index (χ4n) is 4.16. The summed E-state index contributed by atoms with van der Waals surface area (Å²) in [6.45, 7) is 6.34. The maximum atomic E-state index is 13.3. The van der Waals surface area contributed by atoms with Gasteiger partial charge in [0.2, 0.25) is 0 Å². The summed E-state index contributed by atoms with van der Waals surface area (Å²) >= 11 is 0. The van der Waals surface area contributed by atoms with E-state index in [-0.39, 0.29) is 12.5 Å². The molecule has 0 saturated carbocycles. The van der Waals surface area contributed by atoms with Gasteiger partial charge >= 0.3 is 0 Å². The number of nitrogens with one attached hydrogen (secondary N) is 1. The third-order valence-corrected chi connectivity index (χ3v) is 5.33.